The highest BCUT2D eigenvalue weighted by molar-refractivity contribution is 7.80. The van der Waals surface area contributed by atoms with E-state index in [-0.39, 0.29) is 139 Å². The molecular formula is C79H91N5O18S3. The third kappa shape index (κ3) is 20.0. The number of isothiocyanates is 1. The van der Waals surface area contributed by atoms with Gasteiger partial charge in [0.2, 0.25) is 27.2 Å². The quantitative estimate of drug-likeness (QED) is 0.0269. The summed E-state index contributed by atoms with van der Waals surface area (Å²) in [6.07, 6.45) is 1.37. The molecule has 558 valence electrons. The van der Waals surface area contributed by atoms with Gasteiger partial charge in [-0.05, 0) is 166 Å². The second kappa shape index (κ2) is 36.9. The van der Waals surface area contributed by atoms with Crippen LogP contribution in [0.4, 0.5) is 0 Å². The number of aromatic amines is 1. The van der Waals surface area contributed by atoms with Crippen molar-refractivity contribution in [1.29, 1.82) is 0 Å². The van der Waals surface area contributed by atoms with Crippen molar-refractivity contribution in [2.45, 2.75) is 141 Å². The van der Waals surface area contributed by atoms with Gasteiger partial charge in [0.05, 0.1) is 35.7 Å². The van der Waals surface area contributed by atoms with Gasteiger partial charge in [-0.3, -0.25) is 9.13 Å². The number of benzene rings is 8. The average Bonchev–Trinajstić information content (AvgIpc) is 1.64. The summed E-state index contributed by atoms with van der Waals surface area (Å²) in [5.74, 6) is 6.35. The highest BCUT2D eigenvalue weighted by Crippen LogP contribution is 2.41. The van der Waals surface area contributed by atoms with Crippen molar-refractivity contribution in [2.75, 3.05) is 27.2 Å². The zero-order valence-electron chi connectivity index (χ0n) is 56.4. The zero-order chi connectivity index (χ0) is 72.3. The van der Waals surface area contributed by atoms with Gasteiger partial charge >= 0.3 is 11.4 Å². The van der Waals surface area contributed by atoms with Crippen molar-refractivity contribution in [3.63, 3.8) is 0 Å². The summed E-state index contributed by atoms with van der Waals surface area (Å²) < 4.78 is 51.0. The normalized spacial score (nSPS) is 12.0. The van der Waals surface area contributed by atoms with Crippen LogP contribution in [-0.2, 0) is 26.1 Å². The molecule has 26 heteroatoms. The van der Waals surface area contributed by atoms with E-state index in [4.69, 9.17) is 71.9 Å². The number of aryl methyl sites for hydroxylation is 1. The van der Waals surface area contributed by atoms with Gasteiger partial charge in [0.25, 0.3) is 0 Å². The van der Waals surface area contributed by atoms with Crippen LogP contribution in [0.1, 0.15) is 165 Å². The van der Waals surface area contributed by atoms with E-state index in [9.17, 15) is 40.2 Å². The van der Waals surface area contributed by atoms with Crippen molar-refractivity contribution in [3.8, 4) is 97.6 Å². The van der Waals surface area contributed by atoms with E-state index < -0.39 is 11.4 Å². The number of nitrogens with one attached hydrogen (secondary N) is 1. The first-order valence-corrected chi connectivity index (χ1v) is 33.4. The van der Waals surface area contributed by atoms with Crippen LogP contribution >= 0.6 is 36.7 Å². The summed E-state index contributed by atoms with van der Waals surface area (Å²) in [4.78, 5) is 29.2. The maximum Gasteiger partial charge on any atom is 0.420 e. The van der Waals surface area contributed by atoms with Gasteiger partial charge < -0.3 is 78.1 Å². The number of fused-ring (bicyclic) bond motifs is 5. The predicted octanol–water partition coefficient (Wildman–Crippen LogP) is 17.6. The molecule has 4 aliphatic rings. The van der Waals surface area contributed by atoms with Crippen molar-refractivity contribution < 1.29 is 78.1 Å². The molecule has 0 amide bonds. The lowest BCUT2D eigenvalue weighted by Gasteiger charge is -2.13. The Morgan fingerprint density at radius 1 is 0.495 bits per heavy atom. The number of nitrogens with zero attached hydrogens (tertiary/aromatic N) is 4. The van der Waals surface area contributed by atoms with Crippen LogP contribution < -0.4 is 49.3 Å². The van der Waals surface area contributed by atoms with Crippen molar-refractivity contribution in [2.24, 2.45) is 4.99 Å². The number of aromatic nitrogens is 4. The fourth-order valence-corrected chi connectivity index (χ4v) is 11.7. The monoisotopic (exact) mass is 1490 g/mol. The molecule has 0 atom stereocenters. The second-order valence-electron chi connectivity index (χ2n) is 24.9. The van der Waals surface area contributed by atoms with Crippen molar-refractivity contribution in [1.82, 2.24) is 19.3 Å². The topological polar surface area (TPSA) is 314 Å². The number of rotatable bonds is 15. The molecule has 10 aromatic rings. The number of aliphatic imine (C=N–C) groups is 1. The molecule has 0 bridgehead atoms. The molecule has 8 N–H and O–H groups in total. The van der Waals surface area contributed by atoms with Gasteiger partial charge in [-0.1, -0.05) is 140 Å². The SMILES string of the molecule is C.C.C.C.CC(C)c1cc(-c2n[nH]c(=O)n2Cc2ccc3c(c2)OCO3)c(O)cc1O.CC(C)c1cc(C(=S)CCc2ccc3c(c2)OCO3)c(O)cc1O.CC(C)c1cc2c(=S)n(Cc3ccc4c(c3)OCO4)c(=O)oc2cc1O.CC(C)c1ccc(O)cc1O.S=C=NCc1ccc2c(c1)OCO2. The third-order valence-electron chi connectivity index (χ3n) is 16.5. The van der Waals surface area contributed by atoms with Crippen LogP contribution in [0.3, 0.4) is 0 Å². The van der Waals surface area contributed by atoms with Crippen LogP contribution in [-0.4, -0.2) is 92.3 Å². The summed E-state index contributed by atoms with van der Waals surface area (Å²) in [6, 6.07) is 36.5. The summed E-state index contributed by atoms with van der Waals surface area (Å²) in [7, 11) is 0. The van der Waals surface area contributed by atoms with Gasteiger partial charge in [-0.15, -0.1) is 0 Å². The maximum atomic E-state index is 12.4. The van der Waals surface area contributed by atoms with Crippen molar-refractivity contribution >= 4 is 57.6 Å². The van der Waals surface area contributed by atoms with E-state index in [0.717, 1.165) is 68.4 Å². The Hall–Kier alpha value is -11.1. The van der Waals surface area contributed by atoms with Gasteiger partial charge in [-0.2, -0.15) is 5.10 Å². The fourth-order valence-electron chi connectivity index (χ4n) is 11.1. The van der Waals surface area contributed by atoms with Crippen LogP contribution in [0, 0.1) is 4.64 Å². The van der Waals surface area contributed by atoms with Crippen LogP contribution in [0.25, 0.3) is 22.4 Å². The highest BCUT2D eigenvalue weighted by Gasteiger charge is 2.23. The number of H-pyrrole nitrogens is 1. The third-order valence-corrected chi connectivity index (χ3v) is 17.5. The van der Waals surface area contributed by atoms with E-state index in [1.54, 1.807) is 42.5 Å². The molecule has 0 saturated carbocycles. The number of hydrogen-bond acceptors (Lipinski definition) is 23. The van der Waals surface area contributed by atoms with E-state index in [1.807, 2.05) is 116 Å². The molecule has 8 aromatic carbocycles. The molecule has 14 rings (SSSR count). The number of hydrogen-bond donors (Lipinski definition) is 8. The van der Waals surface area contributed by atoms with Crippen LogP contribution in [0.5, 0.6) is 86.2 Å². The molecule has 0 saturated heterocycles. The Bertz CT molecular complexity index is 4960. The molecular weight excluding hydrogens is 1400 g/mol. The summed E-state index contributed by atoms with van der Waals surface area (Å²) in [5, 5.41) is 78.2. The number of phenolic OH excluding ortho intramolecular Hbond substituents is 7. The zero-order valence-corrected chi connectivity index (χ0v) is 58.9. The smallest absolute Gasteiger partial charge is 0.420 e. The maximum absolute atomic E-state index is 12.4. The minimum Gasteiger partial charge on any atom is -0.508 e. The molecule has 0 aliphatic carbocycles. The predicted molar refractivity (Wildman–Crippen MR) is 415 cm³/mol. The number of thiocarbonyl (C=S) groups is 2. The van der Waals surface area contributed by atoms with E-state index in [0.29, 0.717) is 74.3 Å². The van der Waals surface area contributed by atoms with Gasteiger partial charge in [-0.25, -0.2) is 19.7 Å². The van der Waals surface area contributed by atoms with Gasteiger partial charge in [0.1, 0.15) is 50.5 Å². The van der Waals surface area contributed by atoms with Crippen molar-refractivity contribution in [3.05, 3.63) is 203 Å². The standard InChI is InChI=1S/C19H19N3O5.C19H17NO5S.C19H20O4S.C9H7NO2S.C9H12O2.4CH4/c1-10(2)12-6-13(15(24)7-14(12)23)18-20-21-19(25)22(18)8-11-3-4-16-17(5-11)27-9-26-16;1-10(2)12-6-13-16(7-14(12)21)25-19(22)20(18(13)26)8-11-3-4-15-17(5-11)24-9-23-15;1-11(2)13-8-14(16(21)9-15(13)20)19(24)6-4-12-3-5-17-18(7-12)23-10-22-17;13-5-10-4-7-1-2-8-9(3-7)12-6-11-8;1-6(2)8-4-3-7(10)5-9(8)11;;;;/h3-7,10,23-24H,8-9H2,1-2H3,(H,21,25);3-7,10,21H,8-9H2,1-2H3;3,5,7-9,11,20-21H,4,6,10H2,1-2H3;1-3H,4,6H2;3-6,10-11H,1-2H3;4*1H4. The number of phenols is 7. The summed E-state index contributed by atoms with van der Waals surface area (Å²) in [6.45, 7) is 17.7. The largest absolute Gasteiger partial charge is 0.508 e. The molecule has 0 unspecified atom stereocenters. The Balaban J connectivity index is 0.000000211. The first-order valence-electron chi connectivity index (χ1n) is 32.1. The number of ether oxygens (including phenoxy) is 8. The second-order valence-corrected chi connectivity index (χ2v) is 26.0. The van der Waals surface area contributed by atoms with Gasteiger partial charge in [0.15, 0.2) is 51.8 Å². The van der Waals surface area contributed by atoms with E-state index in [1.165, 1.54) is 33.4 Å². The lowest BCUT2D eigenvalue weighted by molar-refractivity contribution is 0.173. The molecule has 23 nitrogen and oxygen atoms in total. The van der Waals surface area contributed by atoms with Crippen LogP contribution in [0.15, 0.2) is 146 Å². The molecule has 2 aromatic heterocycles. The summed E-state index contributed by atoms with van der Waals surface area (Å²) >= 11 is 15.5. The molecule has 105 heavy (non-hydrogen) atoms. The van der Waals surface area contributed by atoms with Crippen LogP contribution in [0.2, 0.25) is 0 Å². The first kappa shape index (κ1) is 82.9. The molecule has 0 radical (unpaired) electrons. The minimum atomic E-state index is -0.572. The average molecular weight is 1490 g/mol. The first-order chi connectivity index (χ1) is 48.3. The lowest BCUT2D eigenvalue weighted by atomic mass is 9.96. The summed E-state index contributed by atoms with van der Waals surface area (Å²) in [5.41, 5.74) is 7.75. The van der Waals surface area contributed by atoms with E-state index in [2.05, 4.69) is 32.6 Å². The Morgan fingerprint density at radius 2 is 0.924 bits per heavy atom. The highest BCUT2D eigenvalue weighted by atomic mass is 32.1. The lowest BCUT2D eigenvalue weighted by Crippen LogP contribution is -2.20. The molecule has 4 aliphatic heterocycles. The molecule has 0 spiro atoms. The molecule has 6 heterocycles. The Morgan fingerprint density at radius 3 is 1.43 bits per heavy atom. The fraction of sp³-hybridized carbons (Fsp3) is 0.316. The Kier molecular flexibility index (Phi) is 29.1. The minimum absolute atomic E-state index is 0. The molecule has 0 fully saturated rings. The number of aromatic hydroxyl groups is 7. The van der Waals surface area contributed by atoms with E-state index >= 15 is 0 Å². The van der Waals surface area contributed by atoms with Gasteiger partial charge in [0, 0.05) is 34.7 Å². The Labute approximate surface area is 625 Å².